The number of aryl methyl sites for hydroxylation is 2. The highest BCUT2D eigenvalue weighted by Crippen LogP contribution is 2.34. The number of thiophene rings is 1. The van der Waals surface area contributed by atoms with Crippen molar-refractivity contribution in [1.82, 2.24) is 9.97 Å². The molecule has 35 heavy (non-hydrogen) atoms. The molecule has 4 aromatic rings. The van der Waals surface area contributed by atoms with E-state index in [4.69, 9.17) is 16.3 Å². The molecule has 0 bridgehead atoms. The van der Waals surface area contributed by atoms with Crippen molar-refractivity contribution in [3.63, 3.8) is 0 Å². The molecule has 2 N–H and O–H groups in total. The Bertz CT molecular complexity index is 1480. The molecule has 1 unspecified atom stereocenters. The third-order valence-corrected chi connectivity index (χ3v) is 8.31. The average molecular weight is 526 g/mol. The number of benzene rings is 2. The number of ether oxygens (including phenoxy) is 1. The number of hydrogen-bond acceptors (Lipinski definition) is 6. The summed E-state index contributed by atoms with van der Waals surface area (Å²) in [5, 5.41) is 5.77. The first-order valence-corrected chi connectivity index (χ1v) is 13.5. The van der Waals surface area contributed by atoms with E-state index in [-0.39, 0.29) is 11.5 Å². The Morgan fingerprint density at radius 2 is 2.00 bits per heavy atom. The molecule has 0 saturated carbocycles. The number of H-pyrrole nitrogens is 1. The molecule has 1 amide bonds. The first-order chi connectivity index (χ1) is 16.9. The number of aromatic amines is 1. The number of methoxy groups -OCH3 is 1. The Hall–Kier alpha value is -2.81. The Morgan fingerprint density at radius 3 is 2.77 bits per heavy atom. The van der Waals surface area contributed by atoms with E-state index in [9.17, 15) is 9.59 Å². The van der Waals surface area contributed by atoms with Crippen LogP contribution in [0.4, 0.5) is 5.69 Å². The number of fused-ring (bicyclic) bond motifs is 2. The number of halogens is 1. The van der Waals surface area contributed by atoms with Gasteiger partial charge in [0.15, 0.2) is 5.16 Å². The minimum atomic E-state index is -0.489. The number of amides is 1. The molecular formula is C26H24ClN3O3S2. The molecule has 0 saturated heterocycles. The highest BCUT2D eigenvalue weighted by molar-refractivity contribution is 8.00. The van der Waals surface area contributed by atoms with E-state index in [0.29, 0.717) is 31.8 Å². The van der Waals surface area contributed by atoms with Gasteiger partial charge in [-0.1, -0.05) is 41.6 Å². The zero-order valence-electron chi connectivity index (χ0n) is 19.3. The lowest BCUT2D eigenvalue weighted by molar-refractivity contribution is -0.115. The van der Waals surface area contributed by atoms with Gasteiger partial charge in [-0.15, -0.1) is 11.3 Å². The van der Waals surface area contributed by atoms with Gasteiger partial charge in [0, 0.05) is 16.6 Å². The Labute approximate surface area is 216 Å². The Balaban J connectivity index is 1.35. The summed E-state index contributed by atoms with van der Waals surface area (Å²) in [6.07, 6.45) is 4.66. The van der Waals surface area contributed by atoms with Crippen molar-refractivity contribution in [1.29, 1.82) is 0 Å². The summed E-state index contributed by atoms with van der Waals surface area (Å²) in [4.78, 5) is 33.9. The minimum Gasteiger partial charge on any atom is -0.495 e. The molecule has 0 fully saturated rings. The fraction of sp³-hybridized carbons (Fsp3) is 0.269. The highest BCUT2D eigenvalue weighted by Gasteiger charge is 2.20. The van der Waals surface area contributed by atoms with Gasteiger partial charge >= 0.3 is 0 Å². The van der Waals surface area contributed by atoms with E-state index in [1.807, 2.05) is 5.38 Å². The molecule has 9 heteroatoms. The minimum absolute atomic E-state index is 0.194. The smallest absolute Gasteiger partial charge is 0.260 e. The van der Waals surface area contributed by atoms with Crippen LogP contribution < -0.4 is 15.6 Å². The van der Waals surface area contributed by atoms with Crippen molar-refractivity contribution in [3.05, 3.63) is 68.3 Å². The molecule has 180 valence electrons. The Morgan fingerprint density at radius 1 is 1.20 bits per heavy atom. The van der Waals surface area contributed by atoms with Crippen LogP contribution in [0.5, 0.6) is 5.75 Å². The molecule has 1 atom stereocenters. The van der Waals surface area contributed by atoms with Gasteiger partial charge in [-0.25, -0.2) is 4.98 Å². The van der Waals surface area contributed by atoms with Gasteiger partial charge < -0.3 is 15.0 Å². The van der Waals surface area contributed by atoms with Crippen LogP contribution in [0.1, 0.15) is 30.9 Å². The van der Waals surface area contributed by atoms with Crippen molar-refractivity contribution in [2.24, 2.45) is 0 Å². The fourth-order valence-corrected chi connectivity index (χ4v) is 6.37. The van der Waals surface area contributed by atoms with Crippen LogP contribution in [-0.2, 0) is 17.6 Å². The number of aromatic nitrogens is 2. The van der Waals surface area contributed by atoms with Crippen LogP contribution in [-0.4, -0.2) is 28.2 Å². The maximum Gasteiger partial charge on any atom is 0.260 e. The van der Waals surface area contributed by atoms with E-state index in [1.165, 1.54) is 54.2 Å². The van der Waals surface area contributed by atoms with E-state index >= 15 is 0 Å². The van der Waals surface area contributed by atoms with Gasteiger partial charge in [-0.3, -0.25) is 9.59 Å². The normalized spacial score (nSPS) is 13.9. The van der Waals surface area contributed by atoms with E-state index in [1.54, 1.807) is 25.1 Å². The number of carbonyl (C=O) groups excluding carboxylic acids is 1. The maximum absolute atomic E-state index is 13.1. The van der Waals surface area contributed by atoms with Crippen molar-refractivity contribution < 1.29 is 9.53 Å². The van der Waals surface area contributed by atoms with Crippen LogP contribution in [0, 0.1) is 0 Å². The van der Waals surface area contributed by atoms with E-state index < -0.39 is 5.25 Å². The topological polar surface area (TPSA) is 84.1 Å². The molecular weight excluding hydrogens is 502 g/mol. The standard InChI is InChI=1S/C26H24ClN3O3S2/c1-14(23(31)28-18-9-10-21(33-2)20(27)12-18)35-26-29-24(32)22-19(13-34-25(22)30-26)17-8-7-15-5-3-4-6-16(15)11-17/h7-14H,3-6H2,1-2H3,(H,28,31)(H,29,30,32). The lowest BCUT2D eigenvalue weighted by Crippen LogP contribution is -2.23. The van der Waals surface area contributed by atoms with Gasteiger partial charge in [0.1, 0.15) is 10.6 Å². The molecule has 0 aliphatic heterocycles. The molecule has 5 rings (SSSR count). The van der Waals surface area contributed by atoms with Crippen LogP contribution in [0.2, 0.25) is 5.02 Å². The number of nitrogens with one attached hydrogen (secondary N) is 2. The summed E-state index contributed by atoms with van der Waals surface area (Å²) >= 11 is 8.80. The molecule has 0 radical (unpaired) electrons. The molecule has 2 aromatic heterocycles. The van der Waals surface area contributed by atoms with Crippen LogP contribution in [0.3, 0.4) is 0 Å². The number of anilines is 1. The second-order valence-electron chi connectivity index (χ2n) is 8.49. The SMILES string of the molecule is COc1ccc(NC(=O)C(C)Sc2nc3scc(-c4ccc5c(c4)CCCC5)c3c(=O)[nH]2)cc1Cl. The predicted octanol–water partition coefficient (Wildman–Crippen LogP) is 6.31. The van der Waals surface area contributed by atoms with Gasteiger partial charge in [0.2, 0.25) is 5.91 Å². The second-order valence-corrected chi connectivity index (χ2v) is 11.1. The highest BCUT2D eigenvalue weighted by atomic mass is 35.5. The van der Waals surface area contributed by atoms with Gasteiger partial charge in [-0.2, -0.15) is 0 Å². The molecule has 1 aliphatic rings. The summed E-state index contributed by atoms with van der Waals surface area (Å²) in [6, 6.07) is 11.6. The molecule has 0 spiro atoms. The molecule has 2 aromatic carbocycles. The first-order valence-electron chi connectivity index (χ1n) is 11.4. The number of rotatable bonds is 6. The van der Waals surface area contributed by atoms with Crippen molar-refractivity contribution in [3.8, 4) is 16.9 Å². The second kappa shape index (κ2) is 10.0. The summed E-state index contributed by atoms with van der Waals surface area (Å²) in [5.74, 6) is 0.313. The summed E-state index contributed by atoms with van der Waals surface area (Å²) in [5.41, 5.74) is 5.12. The van der Waals surface area contributed by atoms with Crippen molar-refractivity contribution in [2.75, 3.05) is 12.4 Å². The van der Waals surface area contributed by atoms with Gasteiger partial charge in [0.25, 0.3) is 5.56 Å². The van der Waals surface area contributed by atoms with E-state index in [2.05, 4.69) is 33.5 Å². The molecule has 1 aliphatic carbocycles. The first kappa shape index (κ1) is 23.9. The van der Waals surface area contributed by atoms with Gasteiger partial charge in [-0.05, 0) is 67.5 Å². The fourth-order valence-electron chi connectivity index (χ4n) is 4.31. The van der Waals surface area contributed by atoms with Crippen LogP contribution in [0.25, 0.3) is 21.3 Å². The summed E-state index contributed by atoms with van der Waals surface area (Å²) in [6.45, 7) is 1.77. The maximum atomic E-state index is 13.1. The Kier molecular flexibility index (Phi) is 6.86. The number of nitrogens with zero attached hydrogens (tertiary/aromatic N) is 1. The van der Waals surface area contributed by atoms with Crippen LogP contribution >= 0.6 is 34.7 Å². The third kappa shape index (κ3) is 4.96. The lowest BCUT2D eigenvalue weighted by atomic mass is 9.89. The summed E-state index contributed by atoms with van der Waals surface area (Å²) in [7, 11) is 1.53. The summed E-state index contributed by atoms with van der Waals surface area (Å²) < 4.78 is 5.14. The molecule has 2 heterocycles. The molecule has 6 nitrogen and oxygen atoms in total. The quantitative estimate of drug-likeness (QED) is 0.227. The number of carbonyl (C=O) groups is 1. The van der Waals surface area contributed by atoms with Crippen LogP contribution in [0.15, 0.2) is 51.7 Å². The zero-order valence-corrected chi connectivity index (χ0v) is 21.7. The van der Waals surface area contributed by atoms with Crippen molar-refractivity contribution >= 4 is 56.5 Å². The predicted molar refractivity (Wildman–Crippen MR) is 144 cm³/mol. The number of thioether (sulfide) groups is 1. The van der Waals surface area contributed by atoms with Crippen molar-refractivity contribution in [2.45, 2.75) is 43.0 Å². The monoisotopic (exact) mass is 525 g/mol. The largest absolute Gasteiger partial charge is 0.495 e. The van der Waals surface area contributed by atoms with Gasteiger partial charge in [0.05, 0.1) is 22.8 Å². The third-order valence-electron chi connectivity index (χ3n) is 6.16. The zero-order chi connectivity index (χ0) is 24.5. The number of hydrogen-bond donors (Lipinski definition) is 2. The average Bonchev–Trinajstić information content (AvgIpc) is 3.28. The lowest BCUT2D eigenvalue weighted by Gasteiger charge is -2.16. The van der Waals surface area contributed by atoms with E-state index in [0.717, 1.165) is 24.0 Å².